The quantitative estimate of drug-likeness (QED) is 0.382. The summed E-state index contributed by atoms with van der Waals surface area (Å²) in [6, 6.07) is 7.53. The second-order valence-corrected chi connectivity index (χ2v) is 4.80. The Balaban J connectivity index is 2.17. The molecule has 3 N–H and O–H groups in total. The van der Waals surface area contributed by atoms with Crippen LogP contribution in [0.15, 0.2) is 41.0 Å². The Kier molecular flexibility index (Phi) is 3.78. The minimum atomic E-state index is 0.111. The average Bonchev–Trinajstić information content (AvgIpc) is 2.90. The number of benzene rings is 1. The summed E-state index contributed by atoms with van der Waals surface area (Å²) in [5, 5.41) is 14.7. The lowest BCUT2D eigenvalue weighted by Gasteiger charge is -2.18. The summed E-state index contributed by atoms with van der Waals surface area (Å²) >= 11 is 1.62. The normalized spacial score (nSPS) is 11.5. The molecule has 0 saturated heterocycles. The highest BCUT2D eigenvalue weighted by Crippen LogP contribution is 2.18. The van der Waals surface area contributed by atoms with Crippen molar-refractivity contribution in [1.82, 2.24) is 4.98 Å². The lowest BCUT2D eigenvalue weighted by molar-refractivity contribution is 0.318. The van der Waals surface area contributed by atoms with E-state index in [1.54, 1.807) is 23.6 Å². The van der Waals surface area contributed by atoms with Crippen molar-refractivity contribution < 1.29 is 5.21 Å². The molecule has 0 aliphatic rings. The first-order chi connectivity index (χ1) is 8.70. The van der Waals surface area contributed by atoms with Gasteiger partial charge in [0.25, 0.3) is 0 Å². The van der Waals surface area contributed by atoms with Crippen molar-refractivity contribution in [2.75, 3.05) is 11.9 Å². The molecule has 94 valence electrons. The Bertz CT molecular complexity index is 539. The molecule has 5 nitrogen and oxygen atoms in total. The van der Waals surface area contributed by atoms with Gasteiger partial charge in [-0.1, -0.05) is 17.3 Å². The molecule has 0 radical (unpaired) electrons. The van der Waals surface area contributed by atoms with Crippen LogP contribution in [0.25, 0.3) is 0 Å². The standard InChI is InChI=1S/C12H14N4OS/c1-16(8-11-14-5-6-18-11)10-4-2-3-9(7-10)12(13)15-17/h2-7,17H,8H2,1H3,(H2,13,15). The van der Waals surface area contributed by atoms with Crippen molar-refractivity contribution in [3.8, 4) is 0 Å². The summed E-state index contributed by atoms with van der Waals surface area (Å²) in [6.07, 6.45) is 1.79. The Morgan fingerprint density at radius 1 is 1.56 bits per heavy atom. The fraction of sp³-hybridized carbons (Fsp3) is 0.167. The maximum Gasteiger partial charge on any atom is 0.170 e. The summed E-state index contributed by atoms with van der Waals surface area (Å²) < 4.78 is 0. The van der Waals surface area contributed by atoms with Gasteiger partial charge in [-0.05, 0) is 12.1 Å². The highest BCUT2D eigenvalue weighted by Gasteiger charge is 2.06. The fourth-order valence-corrected chi connectivity index (χ4v) is 2.25. The summed E-state index contributed by atoms with van der Waals surface area (Å²) in [5.41, 5.74) is 7.26. The van der Waals surface area contributed by atoms with Crippen molar-refractivity contribution >= 4 is 22.9 Å². The Hall–Kier alpha value is -2.08. The van der Waals surface area contributed by atoms with Crippen LogP contribution in [-0.2, 0) is 6.54 Å². The first-order valence-corrected chi connectivity index (χ1v) is 6.26. The van der Waals surface area contributed by atoms with Crippen LogP contribution in [0.1, 0.15) is 10.6 Å². The molecule has 6 heteroatoms. The zero-order valence-corrected chi connectivity index (χ0v) is 10.8. The molecule has 2 rings (SSSR count). The van der Waals surface area contributed by atoms with E-state index in [1.807, 2.05) is 30.6 Å². The molecule has 0 bridgehead atoms. The van der Waals surface area contributed by atoms with E-state index in [4.69, 9.17) is 10.9 Å². The molecular formula is C12H14N4OS. The number of thiazole rings is 1. The molecule has 1 heterocycles. The second kappa shape index (κ2) is 5.50. The number of anilines is 1. The lowest BCUT2D eigenvalue weighted by Crippen LogP contribution is -2.18. The van der Waals surface area contributed by atoms with Gasteiger partial charge in [0, 0.05) is 29.9 Å². The molecule has 0 aliphatic heterocycles. The van der Waals surface area contributed by atoms with Crippen molar-refractivity contribution in [2.24, 2.45) is 10.9 Å². The number of amidine groups is 1. The van der Waals surface area contributed by atoms with E-state index in [-0.39, 0.29) is 5.84 Å². The molecule has 0 aliphatic carbocycles. The summed E-state index contributed by atoms with van der Waals surface area (Å²) in [6.45, 7) is 0.733. The molecular weight excluding hydrogens is 248 g/mol. The smallest absolute Gasteiger partial charge is 0.170 e. The van der Waals surface area contributed by atoms with Crippen LogP contribution in [0, 0.1) is 0 Å². The zero-order chi connectivity index (χ0) is 13.0. The molecule has 2 aromatic rings. The van der Waals surface area contributed by atoms with Gasteiger partial charge in [0.1, 0.15) is 5.01 Å². The van der Waals surface area contributed by atoms with Crippen LogP contribution >= 0.6 is 11.3 Å². The maximum absolute atomic E-state index is 8.67. The minimum Gasteiger partial charge on any atom is -0.409 e. The van der Waals surface area contributed by atoms with Gasteiger partial charge < -0.3 is 15.8 Å². The van der Waals surface area contributed by atoms with Gasteiger partial charge in [0.2, 0.25) is 0 Å². The first-order valence-electron chi connectivity index (χ1n) is 5.38. The fourth-order valence-electron chi connectivity index (χ4n) is 1.59. The molecule has 1 aromatic heterocycles. The third-order valence-corrected chi connectivity index (χ3v) is 3.31. The third kappa shape index (κ3) is 2.78. The van der Waals surface area contributed by atoms with Crippen LogP contribution in [-0.4, -0.2) is 23.1 Å². The maximum atomic E-state index is 8.67. The monoisotopic (exact) mass is 262 g/mol. The molecule has 1 aromatic carbocycles. The molecule has 0 unspecified atom stereocenters. The first kappa shape index (κ1) is 12.4. The van der Waals surface area contributed by atoms with E-state index in [0.717, 1.165) is 17.2 Å². The van der Waals surface area contributed by atoms with Gasteiger partial charge >= 0.3 is 0 Å². The van der Waals surface area contributed by atoms with E-state index < -0.39 is 0 Å². The number of aromatic nitrogens is 1. The van der Waals surface area contributed by atoms with Gasteiger partial charge in [0.05, 0.1) is 6.54 Å². The van der Waals surface area contributed by atoms with Crippen LogP contribution in [0.5, 0.6) is 0 Å². The van der Waals surface area contributed by atoms with Gasteiger partial charge in [-0.15, -0.1) is 11.3 Å². The van der Waals surface area contributed by atoms with Crippen molar-refractivity contribution in [2.45, 2.75) is 6.54 Å². The van der Waals surface area contributed by atoms with Crippen molar-refractivity contribution in [3.63, 3.8) is 0 Å². The largest absolute Gasteiger partial charge is 0.409 e. The van der Waals surface area contributed by atoms with Crippen LogP contribution in [0.3, 0.4) is 0 Å². The van der Waals surface area contributed by atoms with E-state index >= 15 is 0 Å². The third-order valence-electron chi connectivity index (χ3n) is 2.55. The van der Waals surface area contributed by atoms with Gasteiger partial charge in [0.15, 0.2) is 5.84 Å². The molecule has 0 amide bonds. The van der Waals surface area contributed by atoms with Crippen molar-refractivity contribution in [3.05, 3.63) is 46.4 Å². The van der Waals surface area contributed by atoms with E-state index in [1.165, 1.54) is 0 Å². The molecule has 18 heavy (non-hydrogen) atoms. The predicted molar refractivity (Wildman–Crippen MR) is 73.2 cm³/mol. The molecule has 0 atom stereocenters. The summed E-state index contributed by atoms with van der Waals surface area (Å²) in [5.74, 6) is 0.111. The number of hydrogen-bond donors (Lipinski definition) is 2. The predicted octanol–water partition coefficient (Wildman–Crippen LogP) is 1.87. The van der Waals surface area contributed by atoms with Gasteiger partial charge in [-0.25, -0.2) is 4.98 Å². The second-order valence-electron chi connectivity index (χ2n) is 3.82. The SMILES string of the molecule is CN(Cc1nccs1)c1cccc(C(N)=NO)c1. The number of nitrogens with zero attached hydrogens (tertiary/aromatic N) is 3. The van der Waals surface area contributed by atoms with Crippen molar-refractivity contribution in [1.29, 1.82) is 0 Å². The van der Waals surface area contributed by atoms with E-state index in [0.29, 0.717) is 5.56 Å². The molecule has 0 saturated carbocycles. The van der Waals surface area contributed by atoms with Gasteiger partial charge in [-0.2, -0.15) is 0 Å². The van der Waals surface area contributed by atoms with Gasteiger partial charge in [-0.3, -0.25) is 0 Å². The van der Waals surface area contributed by atoms with E-state index in [9.17, 15) is 0 Å². The minimum absolute atomic E-state index is 0.111. The Labute approximate surface area is 109 Å². The number of nitrogens with two attached hydrogens (primary N) is 1. The van der Waals surface area contributed by atoms with Crippen LogP contribution in [0.4, 0.5) is 5.69 Å². The molecule has 0 fully saturated rings. The van der Waals surface area contributed by atoms with E-state index in [2.05, 4.69) is 15.0 Å². The zero-order valence-electron chi connectivity index (χ0n) is 9.95. The summed E-state index contributed by atoms with van der Waals surface area (Å²) in [4.78, 5) is 6.31. The van der Waals surface area contributed by atoms with Crippen LogP contribution < -0.4 is 10.6 Å². The summed E-state index contributed by atoms with van der Waals surface area (Å²) in [7, 11) is 1.98. The highest BCUT2D eigenvalue weighted by atomic mass is 32.1. The number of oxime groups is 1. The Morgan fingerprint density at radius 3 is 3.06 bits per heavy atom. The topological polar surface area (TPSA) is 74.7 Å². The average molecular weight is 262 g/mol. The number of hydrogen-bond acceptors (Lipinski definition) is 5. The highest BCUT2D eigenvalue weighted by molar-refractivity contribution is 7.09. The molecule has 0 spiro atoms. The number of rotatable bonds is 4. The van der Waals surface area contributed by atoms with Crippen LogP contribution in [0.2, 0.25) is 0 Å². The lowest BCUT2D eigenvalue weighted by atomic mass is 10.2. The Morgan fingerprint density at radius 2 is 2.39 bits per heavy atom.